The monoisotopic (exact) mass is 277 g/mol. The molecule has 0 heterocycles. The molecular formula is C13H12ClN3O2. The molecule has 0 aliphatic heterocycles. The summed E-state index contributed by atoms with van der Waals surface area (Å²) in [5, 5.41) is 14.6. The molecule has 2 rings (SSSR count). The van der Waals surface area contributed by atoms with E-state index in [1.807, 2.05) is 0 Å². The molecule has 0 saturated carbocycles. The SMILES string of the molecule is NCc1ccc(Nc2ccc(Cl)cc2)c([N+](=O)[O-])c1. The highest BCUT2D eigenvalue weighted by molar-refractivity contribution is 6.30. The van der Waals surface area contributed by atoms with Crippen LogP contribution in [0.15, 0.2) is 42.5 Å². The van der Waals surface area contributed by atoms with Crippen molar-refractivity contribution in [3.63, 3.8) is 0 Å². The molecule has 0 saturated heterocycles. The Morgan fingerprint density at radius 3 is 2.47 bits per heavy atom. The summed E-state index contributed by atoms with van der Waals surface area (Å²) in [6.07, 6.45) is 0. The molecule has 0 atom stereocenters. The van der Waals surface area contributed by atoms with Crippen LogP contribution in [0.2, 0.25) is 5.02 Å². The van der Waals surface area contributed by atoms with Crippen molar-refractivity contribution in [1.82, 2.24) is 0 Å². The van der Waals surface area contributed by atoms with Crippen LogP contribution in [0.25, 0.3) is 0 Å². The topological polar surface area (TPSA) is 81.2 Å². The number of halogens is 1. The molecule has 0 bridgehead atoms. The second kappa shape index (κ2) is 5.69. The molecule has 3 N–H and O–H groups in total. The summed E-state index contributed by atoms with van der Waals surface area (Å²) < 4.78 is 0. The van der Waals surface area contributed by atoms with E-state index < -0.39 is 4.92 Å². The predicted molar refractivity (Wildman–Crippen MR) is 75.7 cm³/mol. The lowest BCUT2D eigenvalue weighted by molar-refractivity contribution is -0.384. The average molecular weight is 278 g/mol. The van der Waals surface area contributed by atoms with E-state index in [2.05, 4.69) is 5.32 Å². The molecule has 2 aromatic carbocycles. The molecule has 0 aromatic heterocycles. The first-order valence-electron chi connectivity index (χ1n) is 5.60. The minimum atomic E-state index is -0.433. The molecule has 2 aromatic rings. The molecule has 98 valence electrons. The first-order chi connectivity index (χ1) is 9.10. The van der Waals surface area contributed by atoms with Gasteiger partial charge < -0.3 is 11.1 Å². The van der Waals surface area contributed by atoms with Gasteiger partial charge in [-0.15, -0.1) is 0 Å². The summed E-state index contributed by atoms with van der Waals surface area (Å²) in [5.41, 5.74) is 7.35. The number of hydrogen-bond acceptors (Lipinski definition) is 4. The molecule has 6 heteroatoms. The number of rotatable bonds is 4. The van der Waals surface area contributed by atoms with Crippen LogP contribution in [0.5, 0.6) is 0 Å². The zero-order valence-electron chi connectivity index (χ0n) is 9.97. The van der Waals surface area contributed by atoms with E-state index >= 15 is 0 Å². The summed E-state index contributed by atoms with van der Waals surface area (Å²) in [5.74, 6) is 0. The van der Waals surface area contributed by atoms with Crippen LogP contribution in [-0.4, -0.2) is 4.92 Å². The Bertz CT molecular complexity index is 599. The minimum absolute atomic E-state index is 0.00194. The van der Waals surface area contributed by atoms with Gasteiger partial charge >= 0.3 is 0 Å². The Balaban J connectivity index is 2.33. The van der Waals surface area contributed by atoms with Gasteiger partial charge in [-0.05, 0) is 35.9 Å². The van der Waals surface area contributed by atoms with E-state index in [0.717, 1.165) is 5.69 Å². The van der Waals surface area contributed by atoms with Gasteiger partial charge in [-0.25, -0.2) is 0 Å². The van der Waals surface area contributed by atoms with Crippen molar-refractivity contribution in [2.45, 2.75) is 6.54 Å². The lowest BCUT2D eigenvalue weighted by Crippen LogP contribution is -2.01. The molecule has 0 amide bonds. The normalized spacial score (nSPS) is 10.2. The highest BCUT2D eigenvalue weighted by atomic mass is 35.5. The van der Waals surface area contributed by atoms with Crippen LogP contribution in [0.4, 0.5) is 17.1 Å². The van der Waals surface area contributed by atoms with E-state index in [9.17, 15) is 10.1 Å². The third kappa shape index (κ3) is 3.21. The van der Waals surface area contributed by atoms with Crippen LogP contribution < -0.4 is 11.1 Å². The Hall–Kier alpha value is -2.11. The van der Waals surface area contributed by atoms with Crippen LogP contribution in [-0.2, 0) is 6.54 Å². The van der Waals surface area contributed by atoms with Gasteiger partial charge in [0.15, 0.2) is 0 Å². The molecule has 0 unspecified atom stereocenters. The van der Waals surface area contributed by atoms with Gasteiger partial charge in [-0.3, -0.25) is 10.1 Å². The number of nitrogens with two attached hydrogens (primary N) is 1. The number of nitrogens with one attached hydrogen (secondary N) is 1. The molecule has 0 radical (unpaired) electrons. The average Bonchev–Trinajstić information content (AvgIpc) is 2.41. The minimum Gasteiger partial charge on any atom is -0.350 e. The second-order valence-electron chi connectivity index (χ2n) is 3.94. The van der Waals surface area contributed by atoms with Crippen molar-refractivity contribution in [2.24, 2.45) is 5.73 Å². The van der Waals surface area contributed by atoms with Crippen molar-refractivity contribution < 1.29 is 4.92 Å². The third-order valence-corrected chi connectivity index (χ3v) is 2.87. The Morgan fingerprint density at radius 1 is 1.21 bits per heavy atom. The molecule has 0 spiro atoms. The van der Waals surface area contributed by atoms with Gasteiger partial charge in [0.1, 0.15) is 5.69 Å². The van der Waals surface area contributed by atoms with Gasteiger partial charge in [0, 0.05) is 23.3 Å². The Labute approximate surface area is 115 Å². The van der Waals surface area contributed by atoms with Crippen LogP contribution >= 0.6 is 11.6 Å². The maximum Gasteiger partial charge on any atom is 0.292 e. The lowest BCUT2D eigenvalue weighted by Gasteiger charge is -2.08. The van der Waals surface area contributed by atoms with E-state index in [4.69, 9.17) is 17.3 Å². The smallest absolute Gasteiger partial charge is 0.292 e. The van der Waals surface area contributed by atoms with Crippen LogP contribution in [0.1, 0.15) is 5.56 Å². The van der Waals surface area contributed by atoms with Crippen LogP contribution in [0.3, 0.4) is 0 Å². The number of hydrogen-bond donors (Lipinski definition) is 2. The highest BCUT2D eigenvalue weighted by Gasteiger charge is 2.14. The fourth-order valence-corrected chi connectivity index (χ4v) is 1.78. The maximum atomic E-state index is 11.0. The van der Waals surface area contributed by atoms with Gasteiger partial charge in [-0.1, -0.05) is 17.7 Å². The fraction of sp³-hybridized carbons (Fsp3) is 0.0769. The summed E-state index contributed by atoms with van der Waals surface area (Å²) in [6, 6.07) is 11.8. The summed E-state index contributed by atoms with van der Waals surface area (Å²) in [4.78, 5) is 10.6. The van der Waals surface area contributed by atoms with E-state index in [0.29, 0.717) is 16.3 Å². The summed E-state index contributed by atoms with van der Waals surface area (Å²) >= 11 is 5.79. The standard InChI is InChI=1S/C13H12ClN3O2/c14-10-2-4-11(5-3-10)16-12-6-1-9(8-15)7-13(12)17(18)19/h1-7,16H,8,15H2. The second-order valence-corrected chi connectivity index (χ2v) is 4.38. The van der Waals surface area contributed by atoms with E-state index in [1.165, 1.54) is 6.07 Å². The first-order valence-corrected chi connectivity index (χ1v) is 5.98. The van der Waals surface area contributed by atoms with Gasteiger partial charge in [0.2, 0.25) is 0 Å². The summed E-state index contributed by atoms with van der Waals surface area (Å²) in [7, 11) is 0. The number of nitrogens with zero attached hydrogens (tertiary/aromatic N) is 1. The Morgan fingerprint density at radius 2 is 1.89 bits per heavy atom. The largest absolute Gasteiger partial charge is 0.350 e. The van der Waals surface area contributed by atoms with Crippen molar-refractivity contribution in [1.29, 1.82) is 0 Å². The summed E-state index contributed by atoms with van der Waals surface area (Å²) in [6.45, 7) is 0.266. The zero-order valence-corrected chi connectivity index (χ0v) is 10.7. The molecule has 0 fully saturated rings. The van der Waals surface area contributed by atoms with E-state index in [-0.39, 0.29) is 12.2 Å². The number of nitro groups is 1. The quantitative estimate of drug-likeness (QED) is 0.662. The Kier molecular flexibility index (Phi) is 3.99. The third-order valence-electron chi connectivity index (χ3n) is 2.62. The number of benzene rings is 2. The van der Waals surface area contributed by atoms with Gasteiger partial charge in [0.25, 0.3) is 5.69 Å². The molecule has 0 aliphatic carbocycles. The highest BCUT2D eigenvalue weighted by Crippen LogP contribution is 2.29. The molecule has 19 heavy (non-hydrogen) atoms. The van der Waals surface area contributed by atoms with Crippen molar-refractivity contribution in [2.75, 3.05) is 5.32 Å². The zero-order chi connectivity index (χ0) is 13.8. The van der Waals surface area contributed by atoms with E-state index in [1.54, 1.807) is 36.4 Å². The van der Waals surface area contributed by atoms with Crippen molar-refractivity contribution >= 4 is 28.7 Å². The fourth-order valence-electron chi connectivity index (χ4n) is 1.65. The van der Waals surface area contributed by atoms with Crippen LogP contribution in [0, 0.1) is 10.1 Å². The first kappa shape index (κ1) is 13.3. The molecule has 5 nitrogen and oxygen atoms in total. The predicted octanol–water partition coefficient (Wildman–Crippen LogP) is 3.45. The maximum absolute atomic E-state index is 11.0. The van der Waals surface area contributed by atoms with Crippen molar-refractivity contribution in [3.05, 3.63) is 63.2 Å². The van der Waals surface area contributed by atoms with Gasteiger partial charge in [0.05, 0.1) is 4.92 Å². The molecule has 0 aliphatic rings. The van der Waals surface area contributed by atoms with Gasteiger partial charge in [-0.2, -0.15) is 0 Å². The van der Waals surface area contributed by atoms with Crippen molar-refractivity contribution in [3.8, 4) is 0 Å². The number of nitro benzene ring substituents is 1. The molecular weight excluding hydrogens is 266 g/mol. The lowest BCUT2D eigenvalue weighted by atomic mass is 10.1. The number of anilines is 2.